The van der Waals surface area contributed by atoms with Crippen LogP contribution in [0, 0.1) is 0 Å². The highest BCUT2D eigenvalue weighted by Gasteiger charge is 2.09. The Bertz CT molecular complexity index is 418. The summed E-state index contributed by atoms with van der Waals surface area (Å²) in [5.74, 6) is 0.953. The van der Waals surface area contributed by atoms with Crippen LogP contribution in [0.25, 0.3) is 11.0 Å². The standard InChI is InChI=1S/C9H13N5/c1-3-14(4-2)9-7-5-12-13-8(7)10-6-11-9/h5-6H,3-4H2,1-2H3,(H,10,11,12,13). The van der Waals surface area contributed by atoms with Crippen molar-refractivity contribution in [2.45, 2.75) is 13.8 Å². The van der Waals surface area contributed by atoms with Gasteiger partial charge >= 0.3 is 0 Å². The first-order valence-corrected chi connectivity index (χ1v) is 4.75. The van der Waals surface area contributed by atoms with E-state index in [4.69, 9.17) is 0 Å². The Morgan fingerprint density at radius 1 is 1.29 bits per heavy atom. The third-order valence-corrected chi connectivity index (χ3v) is 2.29. The lowest BCUT2D eigenvalue weighted by Gasteiger charge is -2.19. The van der Waals surface area contributed by atoms with Crippen molar-refractivity contribution in [3.63, 3.8) is 0 Å². The number of fused-ring (bicyclic) bond motifs is 1. The molecule has 5 nitrogen and oxygen atoms in total. The number of nitrogens with zero attached hydrogens (tertiary/aromatic N) is 4. The van der Waals surface area contributed by atoms with Gasteiger partial charge in [-0.2, -0.15) is 5.10 Å². The van der Waals surface area contributed by atoms with E-state index in [1.807, 2.05) is 0 Å². The minimum atomic E-state index is 0.793. The van der Waals surface area contributed by atoms with Crippen molar-refractivity contribution in [3.8, 4) is 0 Å². The van der Waals surface area contributed by atoms with Crippen molar-refractivity contribution in [2.75, 3.05) is 18.0 Å². The molecule has 0 aliphatic heterocycles. The van der Waals surface area contributed by atoms with Gasteiger partial charge in [-0.15, -0.1) is 0 Å². The Morgan fingerprint density at radius 2 is 2.07 bits per heavy atom. The first-order valence-electron chi connectivity index (χ1n) is 4.75. The first kappa shape index (κ1) is 8.93. The fourth-order valence-corrected chi connectivity index (χ4v) is 1.53. The van der Waals surface area contributed by atoms with Gasteiger partial charge < -0.3 is 4.90 Å². The molecule has 14 heavy (non-hydrogen) atoms. The van der Waals surface area contributed by atoms with Gasteiger partial charge in [0, 0.05) is 13.1 Å². The van der Waals surface area contributed by atoms with Crippen LogP contribution in [-0.4, -0.2) is 33.3 Å². The lowest BCUT2D eigenvalue weighted by molar-refractivity contribution is 0.848. The van der Waals surface area contributed by atoms with Gasteiger partial charge in [0.1, 0.15) is 12.1 Å². The van der Waals surface area contributed by atoms with Crippen LogP contribution < -0.4 is 4.90 Å². The SMILES string of the molecule is CCN(CC)c1ncnc2[nH]ncc12. The van der Waals surface area contributed by atoms with E-state index in [0.29, 0.717) is 0 Å². The van der Waals surface area contributed by atoms with Crippen LogP contribution in [0.1, 0.15) is 13.8 Å². The predicted molar refractivity (Wildman–Crippen MR) is 55.2 cm³/mol. The van der Waals surface area contributed by atoms with Gasteiger partial charge in [0.05, 0.1) is 11.6 Å². The lowest BCUT2D eigenvalue weighted by Crippen LogP contribution is -2.23. The van der Waals surface area contributed by atoms with Crippen molar-refractivity contribution >= 4 is 16.9 Å². The summed E-state index contributed by atoms with van der Waals surface area (Å²) >= 11 is 0. The molecule has 0 fully saturated rings. The van der Waals surface area contributed by atoms with E-state index in [-0.39, 0.29) is 0 Å². The third-order valence-electron chi connectivity index (χ3n) is 2.29. The van der Waals surface area contributed by atoms with Crippen LogP contribution in [0.2, 0.25) is 0 Å². The average Bonchev–Trinajstić information content (AvgIpc) is 2.68. The third kappa shape index (κ3) is 1.30. The van der Waals surface area contributed by atoms with E-state index in [0.717, 1.165) is 29.9 Å². The molecule has 0 saturated carbocycles. The van der Waals surface area contributed by atoms with E-state index >= 15 is 0 Å². The van der Waals surface area contributed by atoms with Crippen molar-refractivity contribution in [1.82, 2.24) is 20.2 Å². The van der Waals surface area contributed by atoms with Crippen LogP contribution in [0.4, 0.5) is 5.82 Å². The predicted octanol–water partition coefficient (Wildman–Crippen LogP) is 1.20. The summed E-state index contributed by atoms with van der Waals surface area (Å²) in [4.78, 5) is 10.6. The maximum atomic E-state index is 4.28. The van der Waals surface area contributed by atoms with Crippen molar-refractivity contribution < 1.29 is 0 Å². The topological polar surface area (TPSA) is 57.7 Å². The second-order valence-electron chi connectivity index (χ2n) is 3.00. The summed E-state index contributed by atoms with van der Waals surface area (Å²) in [5, 5.41) is 7.78. The normalized spacial score (nSPS) is 10.7. The van der Waals surface area contributed by atoms with E-state index in [2.05, 4.69) is 38.9 Å². The van der Waals surface area contributed by atoms with Crippen molar-refractivity contribution in [3.05, 3.63) is 12.5 Å². The van der Waals surface area contributed by atoms with Gasteiger partial charge in [-0.3, -0.25) is 5.10 Å². The second kappa shape index (κ2) is 3.61. The number of H-pyrrole nitrogens is 1. The van der Waals surface area contributed by atoms with Gasteiger partial charge in [0.2, 0.25) is 0 Å². The van der Waals surface area contributed by atoms with Crippen LogP contribution in [-0.2, 0) is 0 Å². The fraction of sp³-hybridized carbons (Fsp3) is 0.444. The Balaban J connectivity index is 2.54. The highest BCUT2D eigenvalue weighted by molar-refractivity contribution is 5.85. The highest BCUT2D eigenvalue weighted by atomic mass is 15.2. The van der Waals surface area contributed by atoms with Gasteiger partial charge in [-0.1, -0.05) is 0 Å². The molecule has 0 unspecified atom stereocenters. The Morgan fingerprint density at radius 3 is 2.79 bits per heavy atom. The zero-order valence-electron chi connectivity index (χ0n) is 8.36. The zero-order chi connectivity index (χ0) is 9.97. The summed E-state index contributed by atoms with van der Waals surface area (Å²) < 4.78 is 0. The second-order valence-corrected chi connectivity index (χ2v) is 3.00. The van der Waals surface area contributed by atoms with Gasteiger partial charge in [0.15, 0.2) is 5.65 Å². The Kier molecular flexibility index (Phi) is 2.30. The molecular weight excluding hydrogens is 178 g/mol. The lowest BCUT2D eigenvalue weighted by atomic mass is 10.3. The number of hydrogen-bond donors (Lipinski definition) is 1. The minimum absolute atomic E-state index is 0.793. The van der Waals surface area contributed by atoms with Gasteiger partial charge in [-0.05, 0) is 13.8 Å². The molecule has 0 aliphatic carbocycles. The Labute approximate surface area is 82.2 Å². The molecule has 0 atom stereocenters. The molecule has 0 bridgehead atoms. The number of anilines is 1. The first-order chi connectivity index (χ1) is 6.86. The average molecular weight is 191 g/mol. The quantitative estimate of drug-likeness (QED) is 0.792. The monoisotopic (exact) mass is 191 g/mol. The summed E-state index contributed by atoms with van der Waals surface area (Å²) in [6.45, 7) is 6.09. The molecule has 0 spiro atoms. The summed E-state index contributed by atoms with van der Waals surface area (Å²) in [6.07, 6.45) is 3.33. The van der Waals surface area contributed by atoms with Crippen molar-refractivity contribution in [1.29, 1.82) is 0 Å². The molecule has 0 saturated heterocycles. The number of nitrogens with one attached hydrogen (secondary N) is 1. The van der Waals surface area contributed by atoms with Crippen LogP contribution in [0.3, 0.4) is 0 Å². The molecule has 0 aromatic carbocycles. The Hall–Kier alpha value is -1.65. The molecular formula is C9H13N5. The van der Waals surface area contributed by atoms with Crippen molar-refractivity contribution in [2.24, 2.45) is 0 Å². The molecule has 0 aliphatic rings. The molecule has 74 valence electrons. The molecule has 2 aromatic heterocycles. The smallest absolute Gasteiger partial charge is 0.160 e. The molecule has 0 radical (unpaired) electrons. The zero-order valence-corrected chi connectivity index (χ0v) is 8.36. The molecule has 2 aromatic rings. The number of aromatic nitrogens is 4. The number of aromatic amines is 1. The number of rotatable bonds is 3. The summed E-state index contributed by atoms with van der Waals surface area (Å²) in [5.41, 5.74) is 0.793. The van der Waals surface area contributed by atoms with Crippen LogP contribution in [0.5, 0.6) is 0 Å². The van der Waals surface area contributed by atoms with Gasteiger partial charge in [-0.25, -0.2) is 9.97 Å². The molecule has 2 heterocycles. The summed E-state index contributed by atoms with van der Waals surface area (Å²) in [7, 11) is 0. The van der Waals surface area contributed by atoms with E-state index < -0.39 is 0 Å². The van der Waals surface area contributed by atoms with Crippen LogP contribution in [0.15, 0.2) is 12.5 Å². The summed E-state index contributed by atoms with van der Waals surface area (Å²) in [6, 6.07) is 0. The van der Waals surface area contributed by atoms with Gasteiger partial charge in [0.25, 0.3) is 0 Å². The maximum Gasteiger partial charge on any atom is 0.160 e. The molecule has 0 amide bonds. The van der Waals surface area contributed by atoms with E-state index in [1.54, 1.807) is 12.5 Å². The number of hydrogen-bond acceptors (Lipinski definition) is 4. The van der Waals surface area contributed by atoms with Crippen LogP contribution >= 0.6 is 0 Å². The fourth-order valence-electron chi connectivity index (χ4n) is 1.53. The largest absolute Gasteiger partial charge is 0.356 e. The maximum absolute atomic E-state index is 4.28. The molecule has 2 rings (SSSR count). The molecule has 5 heteroatoms. The highest BCUT2D eigenvalue weighted by Crippen LogP contribution is 2.19. The molecule has 1 N–H and O–H groups in total. The minimum Gasteiger partial charge on any atom is -0.356 e. The van der Waals surface area contributed by atoms with E-state index in [1.165, 1.54) is 0 Å². The van der Waals surface area contributed by atoms with E-state index in [9.17, 15) is 0 Å².